The molecule has 0 amide bonds. The molecule has 4 saturated carbocycles. The summed E-state index contributed by atoms with van der Waals surface area (Å²) in [7, 11) is 0. The van der Waals surface area contributed by atoms with Crippen LogP contribution in [0.2, 0.25) is 0 Å². The van der Waals surface area contributed by atoms with Crippen molar-refractivity contribution in [1.82, 2.24) is 5.32 Å². The number of nitrogens with one attached hydrogen (secondary N) is 1. The fourth-order valence-corrected chi connectivity index (χ4v) is 9.38. The molecule has 4 fully saturated rings. The highest BCUT2D eigenvalue weighted by Crippen LogP contribution is 2.68. The van der Waals surface area contributed by atoms with Gasteiger partial charge in [0.1, 0.15) is 0 Å². The van der Waals surface area contributed by atoms with Gasteiger partial charge in [-0.3, -0.25) is 0 Å². The molecule has 0 heterocycles. The third kappa shape index (κ3) is 5.09. The third-order valence-electron chi connectivity index (χ3n) is 11.6. The van der Waals surface area contributed by atoms with Crippen molar-refractivity contribution in [3.63, 3.8) is 0 Å². The molecule has 0 aromatic heterocycles. The molecule has 0 bridgehead atoms. The summed E-state index contributed by atoms with van der Waals surface area (Å²) in [6.07, 6.45) is 8.72. The lowest BCUT2D eigenvalue weighted by Gasteiger charge is -2.63. The molecule has 0 radical (unpaired) electrons. The molecule has 5 nitrogen and oxygen atoms in total. The lowest BCUT2D eigenvalue weighted by atomic mass is 9.43. The number of rotatable bonds is 8. The molecule has 4 rings (SSSR count). The highest BCUT2D eigenvalue weighted by Gasteiger charge is 2.65. The second-order valence-electron chi connectivity index (χ2n) is 14.3. The quantitative estimate of drug-likeness (QED) is 0.343. The summed E-state index contributed by atoms with van der Waals surface area (Å²) in [6, 6.07) is 0. The zero-order chi connectivity index (χ0) is 25.8. The van der Waals surface area contributed by atoms with Crippen molar-refractivity contribution < 1.29 is 15.3 Å². The topological polar surface area (TPSA) is 98.7 Å². The van der Waals surface area contributed by atoms with Gasteiger partial charge in [-0.15, -0.1) is 0 Å². The van der Waals surface area contributed by atoms with Crippen LogP contribution in [0.5, 0.6) is 0 Å². The number of nitrogens with two attached hydrogens (primary N) is 1. The highest BCUT2D eigenvalue weighted by atomic mass is 16.3. The Labute approximate surface area is 214 Å². The van der Waals surface area contributed by atoms with Crippen molar-refractivity contribution in [3.8, 4) is 0 Å². The zero-order valence-corrected chi connectivity index (χ0v) is 23.1. The van der Waals surface area contributed by atoms with Crippen molar-refractivity contribution in [3.05, 3.63) is 12.3 Å². The molecule has 0 spiro atoms. The Balaban J connectivity index is 1.42. The summed E-state index contributed by atoms with van der Waals surface area (Å²) >= 11 is 0. The van der Waals surface area contributed by atoms with Gasteiger partial charge in [-0.25, -0.2) is 0 Å². The molecule has 3 unspecified atom stereocenters. The predicted octanol–water partition coefficient (Wildman–Crippen LogP) is 4.59. The molecule has 0 aliphatic heterocycles. The van der Waals surface area contributed by atoms with Crippen molar-refractivity contribution in [2.45, 2.75) is 123 Å². The SMILES string of the molecule is C=C(CC[C@@H](C)[C@H]1CCC2C3C(C[C@H](O)[C@@]21C)[C@@]1(C)CC[C@@H](O)C[C@H]1C[C@H]3O)NCCC(C)(C)N. The van der Waals surface area contributed by atoms with Crippen molar-refractivity contribution in [2.24, 2.45) is 52.1 Å². The fraction of sp³-hybridized carbons (Fsp3) is 0.933. The van der Waals surface area contributed by atoms with Gasteiger partial charge in [-0.1, -0.05) is 27.4 Å². The lowest BCUT2D eigenvalue weighted by Crippen LogP contribution is -2.62. The summed E-state index contributed by atoms with van der Waals surface area (Å²) in [6.45, 7) is 16.3. The van der Waals surface area contributed by atoms with Crippen LogP contribution in [0.3, 0.4) is 0 Å². The van der Waals surface area contributed by atoms with E-state index in [0.717, 1.165) is 76.5 Å². The molecule has 6 N–H and O–H groups in total. The first kappa shape index (κ1) is 27.4. The van der Waals surface area contributed by atoms with E-state index in [-0.39, 0.29) is 40.6 Å². The van der Waals surface area contributed by atoms with Crippen LogP contribution in [0.1, 0.15) is 98.8 Å². The van der Waals surface area contributed by atoms with Gasteiger partial charge in [-0.05, 0) is 124 Å². The third-order valence-corrected chi connectivity index (χ3v) is 11.6. The van der Waals surface area contributed by atoms with Crippen LogP contribution in [0.4, 0.5) is 0 Å². The fourth-order valence-electron chi connectivity index (χ4n) is 9.38. The maximum absolute atomic E-state index is 11.7. The molecule has 0 aromatic rings. The van der Waals surface area contributed by atoms with E-state index in [1.165, 1.54) is 0 Å². The summed E-state index contributed by atoms with van der Waals surface area (Å²) < 4.78 is 0. The van der Waals surface area contributed by atoms with Gasteiger partial charge < -0.3 is 26.4 Å². The molecular formula is C30H54N2O3. The molecule has 0 aromatic carbocycles. The van der Waals surface area contributed by atoms with Crippen LogP contribution in [-0.4, -0.2) is 45.7 Å². The van der Waals surface area contributed by atoms with E-state index < -0.39 is 0 Å². The number of allylic oxidation sites excluding steroid dienone is 1. The minimum Gasteiger partial charge on any atom is -0.393 e. The second-order valence-corrected chi connectivity index (χ2v) is 14.3. The van der Waals surface area contributed by atoms with Crippen LogP contribution in [0.25, 0.3) is 0 Å². The van der Waals surface area contributed by atoms with Crippen molar-refractivity contribution in [2.75, 3.05) is 6.54 Å². The Morgan fingerprint density at radius 1 is 1.09 bits per heavy atom. The van der Waals surface area contributed by atoms with E-state index in [2.05, 4.69) is 46.5 Å². The minimum atomic E-state index is -0.313. The smallest absolute Gasteiger partial charge is 0.0602 e. The van der Waals surface area contributed by atoms with Crippen molar-refractivity contribution >= 4 is 0 Å². The van der Waals surface area contributed by atoms with Gasteiger partial charge in [0.2, 0.25) is 0 Å². The van der Waals surface area contributed by atoms with Gasteiger partial charge in [0.25, 0.3) is 0 Å². The summed E-state index contributed by atoms with van der Waals surface area (Å²) in [4.78, 5) is 0. The maximum atomic E-state index is 11.7. The maximum Gasteiger partial charge on any atom is 0.0602 e. The summed E-state index contributed by atoms with van der Waals surface area (Å²) in [5.41, 5.74) is 7.03. The Hall–Kier alpha value is -0.620. The monoisotopic (exact) mass is 490 g/mol. The van der Waals surface area contributed by atoms with Crippen LogP contribution in [-0.2, 0) is 0 Å². The number of aliphatic hydroxyl groups is 3. The van der Waals surface area contributed by atoms with Gasteiger partial charge in [-0.2, -0.15) is 0 Å². The number of aliphatic hydroxyl groups excluding tert-OH is 3. The van der Waals surface area contributed by atoms with Gasteiger partial charge >= 0.3 is 0 Å². The average molecular weight is 491 g/mol. The molecule has 202 valence electrons. The van der Waals surface area contributed by atoms with Crippen LogP contribution in [0, 0.1) is 46.3 Å². The summed E-state index contributed by atoms with van der Waals surface area (Å²) in [5.74, 6) is 2.39. The first-order valence-electron chi connectivity index (χ1n) is 14.5. The zero-order valence-electron chi connectivity index (χ0n) is 23.1. The van der Waals surface area contributed by atoms with Crippen LogP contribution in [0.15, 0.2) is 12.3 Å². The van der Waals surface area contributed by atoms with Gasteiger partial charge in [0.15, 0.2) is 0 Å². The summed E-state index contributed by atoms with van der Waals surface area (Å²) in [5, 5.41) is 36.9. The normalized spacial score (nSPS) is 46.3. The van der Waals surface area contributed by atoms with E-state index in [1.54, 1.807) is 0 Å². The Bertz CT molecular complexity index is 765. The molecule has 0 saturated heterocycles. The minimum absolute atomic E-state index is 0.128. The Kier molecular flexibility index (Phi) is 7.77. The number of hydrogen-bond acceptors (Lipinski definition) is 5. The van der Waals surface area contributed by atoms with Gasteiger partial charge in [0.05, 0.1) is 18.3 Å². The second kappa shape index (κ2) is 9.93. The van der Waals surface area contributed by atoms with E-state index >= 15 is 0 Å². The van der Waals surface area contributed by atoms with E-state index in [1.807, 2.05) is 0 Å². The molecular weight excluding hydrogens is 436 g/mol. The lowest BCUT2D eigenvalue weighted by molar-refractivity contribution is -0.207. The van der Waals surface area contributed by atoms with E-state index in [0.29, 0.717) is 29.6 Å². The standard InChI is InChI=1S/C30H54N2O3/c1-18(7-8-19(2)32-14-13-28(3,4)31)22-9-10-23-27-24(17-26(35)30(22,23)6)29(5)12-11-21(33)15-20(29)16-25(27)34/h18,20-27,32-35H,2,7-17,31H2,1,3-6H3/t18-,20+,21-,22-,23?,24?,25-,26+,27?,29+,30-/m1/s1. The average Bonchev–Trinajstić information content (AvgIpc) is 3.12. The Morgan fingerprint density at radius 2 is 1.80 bits per heavy atom. The van der Waals surface area contributed by atoms with Crippen LogP contribution >= 0.6 is 0 Å². The number of hydrogen-bond donors (Lipinski definition) is 5. The molecule has 5 heteroatoms. The van der Waals surface area contributed by atoms with Crippen molar-refractivity contribution in [1.29, 1.82) is 0 Å². The molecule has 4 aliphatic rings. The molecule has 4 aliphatic carbocycles. The van der Waals surface area contributed by atoms with Crippen LogP contribution < -0.4 is 11.1 Å². The largest absolute Gasteiger partial charge is 0.393 e. The highest BCUT2D eigenvalue weighted by molar-refractivity contribution is 5.14. The van der Waals surface area contributed by atoms with E-state index in [4.69, 9.17) is 5.73 Å². The van der Waals surface area contributed by atoms with Gasteiger partial charge in [0, 0.05) is 17.8 Å². The predicted molar refractivity (Wildman–Crippen MR) is 142 cm³/mol. The first-order chi connectivity index (χ1) is 16.3. The molecule has 35 heavy (non-hydrogen) atoms. The van der Waals surface area contributed by atoms with E-state index in [9.17, 15) is 15.3 Å². The molecule has 11 atom stereocenters. The first-order valence-corrected chi connectivity index (χ1v) is 14.5. The Morgan fingerprint density at radius 3 is 2.49 bits per heavy atom. The number of fused-ring (bicyclic) bond motifs is 5.